The van der Waals surface area contributed by atoms with Crippen LogP contribution in [0.25, 0.3) is 11.0 Å². The van der Waals surface area contributed by atoms with Crippen molar-refractivity contribution in [1.29, 1.82) is 0 Å². The zero-order valence-electron chi connectivity index (χ0n) is 19.1. The van der Waals surface area contributed by atoms with Gasteiger partial charge in [0.15, 0.2) is 0 Å². The Morgan fingerprint density at radius 2 is 1.79 bits per heavy atom. The number of carbonyl (C=O) groups is 1. The molecule has 0 aliphatic carbocycles. The quantitative estimate of drug-likeness (QED) is 0.254. The Hall–Kier alpha value is -3.02. The molecule has 34 heavy (non-hydrogen) atoms. The lowest BCUT2D eigenvalue weighted by molar-refractivity contribution is 0.0953. The van der Waals surface area contributed by atoms with Crippen molar-refractivity contribution in [2.24, 2.45) is 0 Å². The summed E-state index contributed by atoms with van der Waals surface area (Å²) in [4.78, 5) is 17.2. The van der Waals surface area contributed by atoms with Crippen LogP contribution in [0, 0.1) is 0 Å². The van der Waals surface area contributed by atoms with Gasteiger partial charge in [-0.15, -0.1) is 0 Å². The molecule has 0 atom stereocenters. The highest BCUT2D eigenvalue weighted by atomic mass is 35.5. The van der Waals surface area contributed by atoms with Gasteiger partial charge in [-0.1, -0.05) is 47.8 Å². The lowest BCUT2D eigenvalue weighted by Gasteiger charge is -2.11. The van der Waals surface area contributed by atoms with Crippen LogP contribution in [0.5, 0.6) is 5.75 Å². The van der Waals surface area contributed by atoms with Gasteiger partial charge in [0, 0.05) is 28.6 Å². The van der Waals surface area contributed by atoms with Gasteiger partial charge >= 0.3 is 0 Å². The van der Waals surface area contributed by atoms with Gasteiger partial charge in [-0.2, -0.15) is 0 Å². The highest BCUT2D eigenvalue weighted by Gasteiger charge is 2.12. The number of nitrogens with zero attached hydrogens (tertiary/aromatic N) is 2. The summed E-state index contributed by atoms with van der Waals surface area (Å²) >= 11 is 12.5. The minimum absolute atomic E-state index is 0.0655. The van der Waals surface area contributed by atoms with E-state index in [0.29, 0.717) is 28.7 Å². The molecule has 0 radical (unpaired) electrons. The van der Waals surface area contributed by atoms with Crippen molar-refractivity contribution in [3.05, 3.63) is 93.7 Å². The Kier molecular flexibility index (Phi) is 8.09. The summed E-state index contributed by atoms with van der Waals surface area (Å²) < 4.78 is 7.36. The molecule has 0 bridgehead atoms. The van der Waals surface area contributed by atoms with Crippen molar-refractivity contribution in [2.75, 3.05) is 13.7 Å². The number of unbranched alkanes of at least 4 members (excludes halogenated alkanes) is 2. The smallest absolute Gasteiger partial charge is 0.251 e. The predicted octanol–water partition coefficient (Wildman–Crippen LogP) is 6.54. The molecule has 0 aliphatic heterocycles. The van der Waals surface area contributed by atoms with Gasteiger partial charge in [0.1, 0.15) is 11.6 Å². The first kappa shape index (κ1) is 24.1. The van der Waals surface area contributed by atoms with Crippen LogP contribution in [0.4, 0.5) is 0 Å². The van der Waals surface area contributed by atoms with Crippen LogP contribution in [-0.2, 0) is 13.0 Å². The normalized spacial score (nSPS) is 11.0. The number of aryl methyl sites for hydroxylation is 1. The van der Waals surface area contributed by atoms with Crippen LogP contribution in [0.1, 0.15) is 41.0 Å². The number of hydrogen-bond donors (Lipinski definition) is 1. The Bertz CT molecular complexity index is 1270. The number of methoxy groups -OCH3 is 1. The van der Waals surface area contributed by atoms with Crippen LogP contribution >= 0.6 is 23.2 Å². The minimum Gasteiger partial charge on any atom is -0.497 e. The highest BCUT2D eigenvalue weighted by Crippen LogP contribution is 2.25. The molecule has 0 unspecified atom stereocenters. The maximum absolute atomic E-state index is 12.3. The molecule has 0 spiro atoms. The van der Waals surface area contributed by atoms with Crippen molar-refractivity contribution in [3.8, 4) is 5.75 Å². The van der Waals surface area contributed by atoms with Crippen molar-refractivity contribution in [3.63, 3.8) is 0 Å². The average Bonchev–Trinajstić information content (AvgIpc) is 3.20. The number of fused-ring (bicyclic) bond motifs is 1. The van der Waals surface area contributed by atoms with E-state index < -0.39 is 0 Å². The van der Waals surface area contributed by atoms with Crippen molar-refractivity contribution in [2.45, 2.75) is 32.2 Å². The molecule has 1 aromatic heterocycles. The molecule has 0 saturated heterocycles. The Labute approximate surface area is 209 Å². The molecule has 1 heterocycles. The van der Waals surface area contributed by atoms with Crippen LogP contribution in [0.3, 0.4) is 0 Å². The third kappa shape index (κ3) is 5.91. The molecule has 0 saturated carbocycles. The van der Waals surface area contributed by atoms with E-state index in [2.05, 4.69) is 16.0 Å². The number of imidazole rings is 1. The van der Waals surface area contributed by atoms with E-state index in [9.17, 15) is 4.79 Å². The zero-order chi connectivity index (χ0) is 23.9. The number of halogens is 2. The average molecular weight is 496 g/mol. The van der Waals surface area contributed by atoms with E-state index in [-0.39, 0.29) is 5.91 Å². The van der Waals surface area contributed by atoms with E-state index >= 15 is 0 Å². The molecule has 0 aliphatic rings. The lowest BCUT2D eigenvalue weighted by Crippen LogP contribution is -2.24. The molecule has 3 aromatic carbocycles. The molecular formula is C27H27Cl2N3O2. The maximum Gasteiger partial charge on any atom is 0.251 e. The number of carbonyl (C=O) groups excluding carboxylic acids is 1. The number of amides is 1. The molecule has 5 nitrogen and oxygen atoms in total. The van der Waals surface area contributed by atoms with E-state index in [4.69, 9.17) is 32.9 Å². The summed E-state index contributed by atoms with van der Waals surface area (Å²) in [7, 11) is 1.61. The molecule has 1 amide bonds. The van der Waals surface area contributed by atoms with Crippen molar-refractivity contribution >= 4 is 40.1 Å². The Morgan fingerprint density at radius 3 is 2.56 bits per heavy atom. The molecule has 0 fully saturated rings. The van der Waals surface area contributed by atoms with Crippen molar-refractivity contribution < 1.29 is 9.53 Å². The Morgan fingerprint density at radius 1 is 1.00 bits per heavy atom. The van der Waals surface area contributed by atoms with Gasteiger partial charge in [0.25, 0.3) is 5.91 Å². The van der Waals surface area contributed by atoms with Crippen LogP contribution in [0.2, 0.25) is 10.0 Å². The van der Waals surface area contributed by atoms with Crippen LogP contribution in [0.15, 0.2) is 66.7 Å². The largest absolute Gasteiger partial charge is 0.497 e. The first-order valence-electron chi connectivity index (χ1n) is 11.4. The summed E-state index contributed by atoms with van der Waals surface area (Å²) in [6, 6.07) is 20.9. The fourth-order valence-corrected chi connectivity index (χ4v) is 4.41. The predicted molar refractivity (Wildman–Crippen MR) is 138 cm³/mol. The van der Waals surface area contributed by atoms with Gasteiger partial charge in [0.2, 0.25) is 0 Å². The number of benzene rings is 3. The number of ether oxygens (including phenoxy) is 1. The minimum atomic E-state index is -0.0655. The topological polar surface area (TPSA) is 56.1 Å². The molecule has 4 rings (SSSR count). The Balaban J connectivity index is 1.32. The number of aromatic nitrogens is 2. The molecule has 1 N–H and O–H groups in total. The van der Waals surface area contributed by atoms with Gasteiger partial charge in [-0.3, -0.25) is 4.79 Å². The summed E-state index contributed by atoms with van der Waals surface area (Å²) in [6.07, 6.45) is 3.74. The van der Waals surface area contributed by atoms with E-state index in [0.717, 1.165) is 53.9 Å². The second kappa shape index (κ2) is 11.4. The van der Waals surface area contributed by atoms with Gasteiger partial charge < -0.3 is 14.6 Å². The fourth-order valence-electron chi connectivity index (χ4n) is 3.94. The maximum atomic E-state index is 12.3. The second-order valence-electron chi connectivity index (χ2n) is 8.13. The number of para-hydroxylation sites is 2. The summed E-state index contributed by atoms with van der Waals surface area (Å²) in [5.41, 5.74) is 3.72. The lowest BCUT2D eigenvalue weighted by atomic mass is 10.1. The summed E-state index contributed by atoms with van der Waals surface area (Å²) in [5, 5.41) is 4.27. The van der Waals surface area contributed by atoms with Crippen LogP contribution in [-0.4, -0.2) is 29.1 Å². The summed E-state index contributed by atoms with van der Waals surface area (Å²) in [5.74, 6) is 1.71. The summed E-state index contributed by atoms with van der Waals surface area (Å²) in [6.45, 7) is 1.28. The van der Waals surface area contributed by atoms with E-state index in [1.54, 1.807) is 37.4 Å². The van der Waals surface area contributed by atoms with Gasteiger partial charge in [-0.05, 0) is 66.9 Å². The molecule has 4 aromatic rings. The first-order valence-corrected chi connectivity index (χ1v) is 12.1. The van der Waals surface area contributed by atoms with Gasteiger partial charge in [-0.25, -0.2) is 4.98 Å². The van der Waals surface area contributed by atoms with E-state index in [1.807, 2.05) is 30.3 Å². The standard InChI is InChI=1S/C27H27Cl2N3O2/c1-34-22-14-11-19(12-15-22)27(33)30-16-6-2-3-9-26-31-24-7-4-5-8-25(24)32(26)18-20-10-13-21(28)17-23(20)29/h4-5,7-8,10-15,17H,2-3,6,9,16,18H2,1H3,(H,30,33). The molecule has 176 valence electrons. The van der Waals surface area contributed by atoms with Gasteiger partial charge in [0.05, 0.1) is 24.7 Å². The molecule has 7 heteroatoms. The van der Waals surface area contributed by atoms with E-state index in [1.165, 1.54) is 0 Å². The third-order valence-corrected chi connectivity index (χ3v) is 6.38. The highest BCUT2D eigenvalue weighted by molar-refractivity contribution is 6.35. The van der Waals surface area contributed by atoms with Crippen molar-refractivity contribution in [1.82, 2.24) is 14.9 Å². The SMILES string of the molecule is COc1ccc(C(=O)NCCCCCc2nc3ccccc3n2Cc2ccc(Cl)cc2Cl)cc1. The second-order valence-corrected chi connectivity index (χ2v) is 8.98. The number of hydrogen-bond acceptors (Lipinski definition) is 3. The number of nitrogens with one attached hydrogen (secondary N) is 1. The fraction of sp³-hybridized carbons (Fsp3) is 0.259. The first-order chi connectivity index (χ1) is 16.5. The number of rotatable bonds is 10. The monoisotopic (exact) mass is 495 g/mol. The molecular weight excluding hydrogens is 469 g/mol. The van der Waals surface area contributed by atoms with Crippen LogP contribution < -0.4 is 10.1 Å². The third-order valence-electron chi connectivity index (χ3n) is 5.79. The zero-order valence-corrected chi connectivity index (χ0v) is 20.6.